The lowest BCUT2D eigenvalue weighted by atomic mass is 9.96. The van der Waals surface area contributed by atoms with Gasteiger partial charge in [-0.1, -0.05) is 0 Å². The summed E-state index contributed by atoms with van der Waals surface area (Å²) in [4.78, 5) is 10.3. The van der Waals surface area contributed by atoms with Gasteiger partial charge in [-0.25, -0.2) is 0 Å². The van der Waals surface area contributed by atoms with Gasteiger partial charge in [0.1, 0.15) is 5.76 Å². The molecule has 2 N–H and O–H groups in total. The van der Waals surface area contributed by atoms with Crippen LogP contribution in [0.2, 0.25) is 0 Å². The van der Waals surface area contributed by atoms with Gasteiger partial charge >= 0.3 is 12.1 Å². The topological polar surface area (TPSA) is 70.7 Å². The Labute approximate surface area is 81.9 Å². The van der Waals surface area contributed by atoms with E-state index in [1.807, 2.05) is 0 Å². The number of hydrogen-bond donors (Lipinski definition) is 2. The minimum absolute atomic E-state index is 0.836. The van der Waals surface area contributed by atoms with E-state index in [1.165, 1.54) is 0 Å². The Kier molecular flexibility index (Phi) is 2.76. The molecule has 1 aromatic heterocycles. The first kappa shape index (κ1) is 11.6. The van der Waals surface area contributed by atoms with Crippen LogP contribution in [0, 0.1) is 0 Å². The van der Waals surface area contributed by atoms with E-state index < -0.39 is 29.9 Å². The lowest BCUT2D eigenvalue weighted by Gasteiger charge is -2.26. The van der Waals surface area contributed by atoms with Crippen LogP contribution in [0.15, 0.2) is 22.8 Å². The van der Waals surface area contributed by atoms with Gasteiger partial charge in [0.2, 0.25) is 5.60 Å². The van der Waals surface area contributed by atoms with Crippen molar-refractivity contribution in [3.63, 3.8) is 0 Å². The zero-order chi connectivity index (χ0) is 11.7. The average Bonchev–Trinajstić information content (AvgIpc) is 2.51. The number of furan rings is 1. The van der Waals surface area contributed by atoms with E-state index in [0.717, 1.165) is 18.4 Å². The zero-order valence-corrected chi connectivity index (χ0v) is 7.28. The van der Waals surface area contributed by atoms with Gasteiger partial charge in [0.25, 0.3) is 0 Å². The first-order valence-corrected chi connectivity index (χ1v) is 3.82. The Morgan fingerprint density at radius 3 is 2.40 bits per heavy atom. The van der Waals surface area contributed by atoms with Gasteiger partial charge in [0.15, 0.2) is 0 Å². The fourth-order valence-electron chi connectivity index (χ4n) is 1.06. The summed E-state index contributed by atoms with van der Waals surface area (Å²) in [6.07, 6.45) is -5.68. The normalized spacial score (nSPS) is 16.0. The van der Waals surface area contributed by atoms with Crippen molar-refractivity contribution in [2.45, 2.75) is 18.2 Å². The zero-order valence-electron chi connectivity index (χ0n) is 7.28. The summed E-state index contributed by atoms with van der Waals surface area (Å²) in [6.45, 7) is 0. The summed E-state index contributed by atoms with van der Waals surface area (Å²) in [5.74, 6) is -2.61. The second-order valence-corrected chi connectivity index (χ2v) is 2.91. The number of aliphatic carboxylic acids is 1. The standard InChI is InChI=1S/C8H7F3O4/c9-8(10,11)7(14,4-6(12)13)5-2-1-3-15-5/h1-3,14H,4H2,(H,12,13)/t7-/m1/s1. The van der Waals surface area contributed by atoms with Crippen LogP contribution < -0.4 is 0 Å². The highest BCUT2D eigenvalue weighted by Crippen LogP contribution is 2.41. The molecule has 1 rings (SSSR count). The van der Waals surface area contributed by atoms with Crippen LogP contribution in [-0.2, 0) is 10.4 Å². The van der Waals surface area contributed by atoms with Gasteiger partial charge in [-0.3, -0.25) is 4.79 Å². The molecule has 0 aromatic carbocycles. The van der Waals surface area contributed by atoms with Gasteiger partial charge in [0.05, 0.1) is 12.7 Å². The number of halogens is 3. The fourth-order valence-corrected chi connectivity index (χ4v) is 1.06. The second-order valence-electron chi connectivity index (χ2n) is 2.91. The Bertz CT molecular complexity index is 343. The quantitative estimate of drug-likeness (QED) is 0.816. The maximum Gasteiger partial charge on any atom is 0.425 e. The van der Waals surface area contributed by atoms with E-state index in [-0.39, 0.29) is 0 Å². The van der Waals surface area contributed by atoms with E-state index in [9.17, 15) is 23.1 Å². The summed E-state index contributed by atoms with van der Waals surface area (Å²) >= 11 is 0. The number of carbonyl (C=O) groups is 1. The molecule has 0 aliphatic carbocycles. The molecule has 7 heteroatoms. The lowest BCUT2D eigenvalue weighted by molar-refractivity contribution is -0.274. The summed E-state index contributed by atoms with van der Waals surface area (Å²) in [6, 6.07) is 2.00. The molecule has 0 aliphatic rings. The molecule has 0 saturated carbocycles. The van der Waals surface area contributed by atoms with Gasteiger partial charge < -0.3 is 14.6 Å². The van der Waals surface area contributed by atoms with Gasteiger partial charge in [-0.05, 0) is 12.1 Å². The number of hydrogen-bond acceptors (Lipinski definition) is 3. The minimum Gasteiger partial charge on any atom is -0.481 e. The molecule has 0 aliphatic heterocycles. The summed E-state index contributed by atoms with van der Waals surface area (Å²) in [7, 11) is 0. The molecule has 1 aromatic rings. The van der Waals surface area contributed by atoms with Crippen LogP contribution in [0.5, 0.6) is 0 Å². The predicted octanol–water partition coefficient (Wildman–Crippen LogP) is 1.50. The average molecular weight is 224 g/mol. The minimum atomic E-state index is -5.11. The van der Waals surface area contributed by atoms with Crippen LogP contribution in [0.25, 0.3) is 0 Å². The third-order valence-corrected chi connectivity index (χ3v) is 1.80. The largest absolute Gasteiger partial charge is 0.481 e. The summed E-state index contributed by atoms with van der Waals surface area (Å²) < 4.78 is 41.8. The van der Waals surface area contributed by atoms with Crippen LogP contribution in [0.1, 0.15) is 12.2 Å². The van der Waals surface area contributed by atoms with Gasteiger partial charge in [-0.2, -0.15) is 13.2 Å². The van der Waals surface area contributed by atoms with E-state index in [2.05, 4.69) is 4.42 Å². The number of carboxylic acid groups (broad SMARTS) is 1. The highest BCUT2D eigenvalue weighted by Gasteiger charge is 2.58. The highest BCUT2D eigenvalue weighted by molar-refractivity contribution is 5.68. The van der Waals surface area contributed by atoms with Gasteiger partial charge in [0, 0.05) is 0 Å². The molecule has 15 heavy (non-hydrogen) atoms. The molecular weight excluding hydrogens is 217 g/mol. The molecule has 1 heterocycles. The first-order valence-electron chi connectivity index (χ1n) is 3.82. The van der Waals surface area contributed by atoms with Crippen LogP contribution in [0.4, 0.5) is 13.2 Å². The van der Waals surface area contributed by atoms with Crippen LogP contribution >= 0.6 is 0 Å². The van der Waals surface area contributed by atoms with Crippen molar-refractivity contribution in [2.24, 2.45) is 0 Å². The lowest BCUT2D eigenvalue weighted by Crippen LogP contribution is -2.43. The van der Waals surface area contributed by atoms with Gasteiger partial charge in [-0.15, -0.1) is 0 Å². The Morgan fingerprint density at radius 2 is 2.07 bits per heavy atom. The molecule has 0 bridgehead atoms. The summed E-state index contributed by atoms with van der Waals surface area (Å²) in [5, 5.41) is 17.6. The van der Waals surface area contributed by atoms with Crippen LogP contribution in [-0.4, -0.2) is 22.4 Å². The Morgan fingerprint density at radius 1 is 1.47 bits per heavy atom. The number of rotatable bonds is 3. The number of alkyl halides is 3. The van der Waals surface area contributed by atoms with Crippen molar-refractivity contribution < 1.29 is 32.6 Å². The molecule has 0 saturated heterocycles. The second kappa shape index (κ2) is 3.58. The first-order chi connectivity index (χ1) is 6.77. The third kappa shape index (κ3) is 2.12. The molecule has 84 valence electrons. The van der Waals surface area contributed by atoms with E-state index in [0.29, 0.717) is 0 Å². The molecule has 0 fully saturated rings. The van der Waals surface area contributed by atoms with Crippen molar-refractivity contribution in [3.05, 3.63) is 24.2 Å². The number of carboxylic acids is 1. The molecule has 0 radical (unpaired) electrons. The maximum absolute atomic E-state index is 12.5. The van der Waals surface area contributed by atoms with Crippen molar-refractivity contribution in [1.29, 1.82) is 0 Å². The van der Waals surface area contributed by atoms with E-state index in [4.69, 9.17) is 5.11 Å². The third-order valence-electron chi connectivity index (χ3n) is 1.80. The highest BCUT2D eigenvalue weighted by atomic mass is 19.4. The molecular formula is C8H7F3O4. The molecule has 0 spiro atoms. The Hall–Kier alpha value is -1.50. The van der Waals surface area contributed by atoms with E-state index >= 15 is 0 Å². The molecule has 4 nitrogen and oxygen atoms in total. The van der Waals surface area contributed by atoms with Crippen molar-refractivity contribution in [3.8, 4) is 0 Å². The summed E-state index contributed by atoms with van der Waals surface area (Å²) in [5.41, 5.74) is -3.48. The smallest absolute Gasteiger partial charge is 0.425 e. The SMILES string of the molecule is O=C(O)C[C@@](O)(c1ccco1)C(F)(F)F. The molecule has 0 amide bonds. The monoisotopic (exact) mass is 224 g/mol. The predicted molar refractivity (Wildman–Crippen MR) is 40.9 cm³/mol. The maximum atomic E-state index is 12.5. The van der Waals surface area contributed by atoms with Crippen molar-refractivity contribution in [2.75, 3.05) is 0 Å². The van der Waals surface area contributed by atoms with Crippen LogP contribution in [0.3, 0.4) is 0 Å². The number of aliphatic hydroxyl groups is 1. The van der Waals surface area contributed by atoms with Crippen molar-refractivity contribution in [1.82, 2.24) is 0 Å². The molecule has 1 atom stereocenters. The fraction of sp³-hybridized carbons (Fsp3) is 0.375. The molecule has 0 unspecified atom stereocenters. The Balaban J connectivity index is 3.13. The van der Waals surface area contributed by atoms with Crippen molar-refractivity contribution >= 4 is 5.97 Å². The van der Waals surface area contributed by atoms with E-state index in [1.54, 1.807) is 0 Å².